The molecule has 2 rings (SSSR count). The van der Waals surface area contributed by atoms with E-state index in [1.807, 2.05) is 19.0 Å². The molecule has 0 atom stereocenters. The first-order chi connectivity index (χ1) is 14.3. The average Bonchev–Trinajstić information content (AvgIpc) is 3.13. The molecule has 0 bridgehead atoms. The van der Waals surface area contributed by atoms with Crippen molar-refractivity contribution in [2.45, 2.75) is 0 Å². The molecule has 30 heavy (non-hydrogen) atoms. The minimum Gasteiger partial charge on any atom is -0.431 e. The molecule has 0 radical (unpaired) electrons. The normalized spacial score (nSPS) is 11.3. The maximum Gasteiger partial charge on any atom is 0.292 e. The fourth-order valence-electron chi connectivity index (χ4n) is 2.32. The van der Waals surface area contributed by atoms with E-state index in [4.69, 9.17) is 27.2 Å². The van der Waals surface area contributed by atoms with Gasteiger partial charge >= 0.3 is 0 Å². The smallest absolute Gasteiger partial charge is 0.292 e. The number of nitrogen functional groups attached to an aromatic ring is 1. The molecule has 1 aromatic heterocycles. The number of nitrogens with zero attached hydrogens (tertiary/aromatic N) is 2. The van der Waals surface area contributed by atoms with Gasteiger partial charge < -0.3 is 36.4 Å². The number of nitrogens with two attached hydrogens (primary N) is 1. The van der Waals surface area contributed by atoms with Crippen molar-refractivity contribution in [3.05, 3.63) is 46.9 Å². The number of carbonyl (C=O) groups is 2. The van der Waals surface area contributed by atoms with Crippen molar-refractivity contribution in [3.8, 4) is 0 Å². The zero-order valence-corrected chi connectivity index (χ0v) is 17.4. The molecule has 0 fully saturated rings. The Hall–Kier alpha value is -3.37. The second kappa shape index (κ2) is 11.0. The van der Waals surface area contributed by atoms with Crippen molar-refractivity contribution in [2.24, 2.45) is 0 Å². The third-order valence-corrected chi connectivity index (χ3v) is 4.19. The fourth-order valence-corrected chi connectivity index (χ4v) is 2.49. The number of aromatic nitrogens is 1. The Balaban J connectivity index is 2.03. The molecule has 0 aliphatic carbocycles. The first kappa shape index (κ1) is 22.9. The summed E-state index contributed by atoms with van der Waals surface area (Å²) in [5, 5.41) is 16.2. The van der Waals surface area contributed by atoms with Gasteiger partial charge in [-0.1, -0.05) is 17.7 Å². The molecule has 2 amide bonds. The molecule has 1 aromatic carbocycles. The first-order valence-corrected chi connectivity index (χ1v) is 9.35. The Morgan fingerprint density at radius 2 is 2.13 bits per heavy atom. The van der Waals surface area contributed by atoms with Gasteiger partial charge in [0.15, 0.2) is 5.69 Å². The number of halogens is 1. The van der Waals surface area contributed by atoms with Crippen LogP contribution in [0.25, 0.3) is 5.57 Å². The lowest BCUT2D eigenvalue weighted by Gasteiger charge is -2.11. The highest BCUT2D eigenvalue weighted by molar-refractivity contribution is 6.34. The van der Waals surface area contributed by atoms with Crippen LogP contribution in [0.15, 0.2) is 35.1 Å². The number of benzene rings is 1. The van der Waals surface area contributed by atoms with E-state index in [2.05, 4.69) is 20.9 Å². The number of oxazole rings is 1. The number of nitrogens with one attached hydrogen (secondary N) is 4. The Bertz CT molecular complexity index is 940. The molecule has 0 unspecified atom stereocenters. The van der Waals surface area contributed by atoms with Gasteiger partial charge in [0.2, 0.25) is 5.91 Å². The molecule has 11 heteroatoms. The summed E-state index contributed by atoms with van der Waals surface area (Å²) in [6, 6.07) is 4.78. The van der Waals surface area contributed by atoms with Crippen LogP contribution in [0.3, 0.4) is 0 Å². The molecule has 10 nitrogen and oxygen atoms in total. The summed E-state index contributed by atoms with van der Waals surface area (Å²) in [6.07, 6.45) is 3.81. The van der Waals surface area contributed by atoms with Crippen molar-refractivity contribution in [3.63, 3.8) is 0 Å². The standard InChI is InChI=1S/C19H24ClN7O3/c1-27(2)6-5-24-17(28)10-23-9-13(8-21)12-3-4-14(20)15(7-12)25-18(29)16-11-30-19(22)26-16/h3-4,7-9,11,21,23H,5-6,10H2,1-2H3,(H2,22,26)(H,24,28)(H,25,29)/b13-9+,21-8?. The molecular weight excluding hydrogens is 410 g/mol. The monoisotopic (exact) mass is 433 g/mol. The van der Waals surface area contributed by atoms with Crippen molar-refractivity contribution in [1.82, 2.24) is 20.5 Å². The summed E-state index contributed by atoms with van der Waals surface area (Å²) in [5.41, 5.74) is 6.83. The summed E-state index contributed by atoms with van der Waals surface area (Å²) < 4.78 is 4.82. The van der Waals surface area contributed by atoms with E-state index in [-0.39, 0.29) is 24.2 Å². The molecule has 2 aromatic rings. The van der Waals surface area contributed by atoms with Gasteiger partial charge in [-0.3, -0.25) is 9.59 Å². The van der Waals surface area contributed by atoms with E-state index in [0.717, 1.165) is 19.0 Å². The van der Waals surface area contributed by atoms with Gasteiger partial charge in [-0.25, -0.2) is 0 Å². The number of anilines is 2. The van der Waals surface area contributed by atoms with Crippen LogP contribution < -0.4 is 21.7 Å². The fraction of sp³-hybridized carbons (Fsp3) is 0.263. The number of hydrogen-bond acceptors (Lipinski definition) is 8. The molecule has 0 aliphatic heterocycles. The van der Waals surface area contributed by atoms with Crippen LogP contribution in [0.5, 0.6) is 0 Å². The van der Waals surface area contributed by atoms with Gasteiger partial charge in [0.1, 0.15) is 6.26 Å². The van der Waals surface area contributed by atoms with Crippen LogP contribution in [0.2, 0.25) is 5.02 Å². The number of amides is 2. The molecule has 0 aliphatic rings. The molecule has 6 N–H and O–H groups in total. The molecule has 0 saturated carbocycles. The van der Waals surface area contributed by atoms with Crippen LogP contribution in [0.4, 0.5) is 11.7 Å². The van der Waals surface area contributed by atoms with Crippen molar-refractivity contribution in [1.29, 1.82) is 5.41 Å². The molecule has 1 heterocycles. The molecular formula is C19H24ClN7O3. The zero-order valence-electron chi connectivity index (χ0n) is 16.7. The van der Waals surface area contributed by atoms with Gasteiger partial charge in [-0.05, 0) is 31.8 Å². The van der Waals surface area contributed by atoms with E-state index >= 15 is 0 Å². The van der Waals surface area contributed by atoms with Crippen LogP contribution >= 0.6 is 11.6 Å². The third kappa shape index (κ3) is 6.90. The second-order valence-electron chi connectivity index (χ2n) is 6.50. The van der Waals surface area contributed by atoms with Crippen LogP contribution in [0, 0.1) is 5.41 Å². The Kier molecular flexibility index (Phi) is 8.39. The summed E-state index contributed by atoms with van der Waals surface area (Å²) in [4.78, 5) is 29.8. The van der Waals surface area contributed by atoms with Crippen molar-refractivity contribution < 1.29 is 14.0 Å². The van der Waals surface area contributed by atoms with E-state index in [0.29, 0.717) is 28.4 Å². The number of likely N-dealkylation sites (N-methyl/N-ethyl adjacent to an activating group) is 1. The van der Waals surface area contributed by atoms with E-state index in [1.165, 1.54) is 0 Å². The Morgan fingerprint density at radius 3 is 2.77 bits per heavy atom. The molecule has 0 spiro atoms. The maximum absolute atomic E-state index is 12.2. The van der Waals surface area contributed by atoms with Crippen LogP contribution in [-0.4, -0.2) is 61.6 Å². The predicted octanol–water partition coefficient (Wildman–Crippen LogP) is 1.42. The van der Waals surface area contributed by atoms with Gasteiger partial charge in [0, 0.05) is 31.1 Å². The zero-order chi connectivity index (χ0) is 22.1. The van der Waals surface area contributed by atoms with Gasteiger partial charge in [-0.15, -0.1) is 0 Å². The SMILES string of the molecule is CN(C)CCNC(=O)CN/C=C(\C=N)c1ccc(Cl)c(NC(=O)c2coc(N)n2)c1. The second-order valence-corrected chi connectivity index (χ2v) is 6.91. The highest BCUT2D eigenvalue weighted by Crippen LogP contribution is 2.26. The predicted molar refractivity (Wildman–Crippen MR) is 117 cm³/mol. The lowest BCUT2D eigenvalue weighted by Crippen LogP contribution is -2.36. The Labute approximate surface area is 179 Å². The van der Waals surface area contributed by atoms with Gasteiger partial charge in [0.25, 0.3) is 11.9 Å². The average molecular weight is 434 g/mol. The summed E-state index contributed by atoms with van der Waals surface area (Å²) in [7, 11) is 3.85. The topological polar surface area (TPSA) is 149 Å². The summed E-state index contributed by atoms with van der Waals surface area (Å²) >= 11 is 6.17. The first-order valence-electron chi connectivity index (χ1n) is 8.98. The van der Waals surface area contributed by atoms with E-state index in [9.17, 15) is 9.59 Å². The van der Waals surface area contributed by atoms with Gasteiger partial charge in [0.05, 0.1) is 17.3 Å². The quantitative estimate of drug-likeness (QED) is 0.355. The number of allylic oxidation sites excluding steroid dienone is 1. The lowest BCUT2D eigenvalue weighted by molar-refractivity contribution is -0.120. The lowest BCUT2D eigenvalue weighted by atomic mass is 10.1. The molecule has 0 saturated heterocycles. The van der Waals surface area contributed by atoms with Crippen LogP contribution in [-0.2, 0) is 4.79 Å². The van der Waals surface area contributed by atoms with Crippen LogP contribution in [0.1, 0.15) is 16.1 Å². The summed E-state index contributed by atoms with van der Waals surface area (Å²) in [5.74, 6) is -0.698. The van der Waals surface area contributed by atoms with E-state index in [1.54, 1.807) is 24.4 Å². The van der Waals surface area contributed by atoms with Crippen molar-refractivity contribution in [2.75, 3.05) is 44.8 Å². The third-order valence-electron chi connectivity index (χ3n) is 3.86. The summed E-state index contributed by atoms with van der Waals surface area (Å²) in [6.45, 7) is 1.36. The maximum atomic E-state index is 12.2. The van der Waals surface area contributed by atoms with E-state index < -0.39 is 5.91 Å². The van der Waals surface area contributed by atoms with Crippen molar-refractivity contribution >= 4 is 46.9 Å². The largest absolute Gasteiger partial charge is 0.431 e. The number of rotatable bonds is 10. The highest BCUT2D eigenvalue weighted by atomic mass is 35.5. The minimum absolute atomic E-state index is 0.0127. The number of hydrogen-bond donors (Lipinski definition) is 5. The molecule has 160 valence electrons. The number of carbonyl (C=O) groups excluding carboxylic acids is 2. The Morgan fingerprint density at radius 1 is 1.37 bits per heavy atom. The highest BCUT2D eigenvalue weighted by Gasteiger charge is 2.14. The minimum atomic E-state index is -0.539. The van der Waals surface area contributed by atoms with Gasteiger partial charge in [-0.2, -0.15) is 4.98 Å².